The molecule has 1 aromatic carbocycles. The molecule has 1 amide bonds. The van der Waals surface area contributed by atoms with Crippen LogP contribution in [0.15, 0.2) is 22.7 Å². The molecule has 0 aromatic heterocycles. The van der Waals surface area contributed by atoms with Crippen LogP contribution in [0.2, 0.25) is 0 Å². The topological polar surface area (TPSA) is 49.6 Å². The van der Waals surface area contributed by atoms with Gasteiger partial charge in [0.1, 0.15) is 4.99 Å². The summed E-state index contributed by atoms with van der Waals surface area (Å²) in [5, 5.41) is 0. The number of anilines is 1. The first kappa shape index (κ1) is 14.3. The molecule has 19 heavy (non-hydrogen) atoms. The molecular weight excluding hydrogens is 326 g/mol. The van der Waals surface area contributed by atoms with E-state index in [-0.39, 0.29) is 5.91 Å². The largest absolute Gasteiger partial charge is 0.389 e. The van der Waals surface area contributed by atoms with Gasteiger partial charge in [-0.3, -0.25) is 4.79 Å². The van der Waals surface area contributed by atoms with Gasteiger partial charge in [0.05, 0.1) is 12.2 Å². The smallest absolute Gasteiger partial charge is 0.241 e. The fraction of sp³-hybridized carbons (Fsp3) is 0.385. The van der Waals surface area contributed by atoms with Crippen LogP contribution < -0.4 is 10.6 Å². The van der Waals surface area contributed by atoms with Gasteiger partial charge in [-0.2, -0.15) is 0 Å². The lowest BCUT2D eigenvalue weighted by Gasteiger charge is -2.23. The number of rotatable bonds is 2. The van der Waals surface area contributed by atoms with Crippen LogP contribution in [0, 0.1) is 0 Å². The van der Waals surface area contributed by atoms with Crippen molar-refractivity contribution >= 4 is 44.7 Å². The van der Waals surface area contributed by atoms with Gasteiger partial charge in [0.2, 0.25) is 5.91 Å². The summed E-state index contributed by atoms with van der Waals surface area (Å²) in [4.78, 5) is 16.1. The Morgan fingerprint density at radius 2 is 2.16 bits per heavy atom. The Hall–Kier alpha value is -1.14. The number of likely N-dealkylation sites (N-methyl/N-ethyl adjacent to an activating group) is 1. The van der Waals surface area contributed by atoms with Crippen molar-refractivity contribution in [3.63, 3.8) is 0 Å². The van der Waals surface area contributed by atoms with E-state index in [0.717, 1.165) is 35.2 Å². The first-order valence-electron chi connectivity index (χ1n) is 6.07. The summed E-state index contributed by atoms with van der Waals surface area (Å²) < 4.78 is 0.912. The zero-order chi connectivity index (χ0) is 14.0. The van der Waals surface area contributed by atoms with Crippen LogP contribution in [-0.2, 0) is 4.79 Å². The van der Waals surface area contributed by atoms with Crippen molar-refractivity contribution in [2.24, 2.45) is 5.73 Å². The zero-order valence-electron chi connectivity index (χ0n) is 10.7. The second-order valence-electron chi connectivity index (χ2n) is 4.62. The molecule has 0 radical (unpaired) electrons. The molecule has 1 aliphatic rings. The van der Waals surface area contributed by atoms with Crippen molar-refractivity contribution < 1.29 is 4.79 Å². The van der Waals surface area contributed by atoms with Crippen LogP contribution in [-0.4, -0.2) is 42.5 Å². The third-order valence-electron chi connectivity index (χ3n) is 3.25. The molecule has 1 heterocycles. The van der Waals surface area contributed by atoms with Gasteiger partial charge >= 0.3 is 0 Å². The van der Waals surface area contributed by atoms with E-state index in [1.807, 2.05) is 25.2 Å². The summed E-state index contributed by atoms with van der Waals surface area (Å²) in [5.41, 5.74) is 7.44. The van der Waals surface area contributed by atoms with Crippen molar-refractivity contribution in [3.8, 4) is 0 Å². The van der Waals surface area contributed by atoms with Crippen molar-refractivity contribution in [1.29, 1.82) is 0 Å². The molecule has 0 aliphatic carbocycles. The van der Waals surface area contributed by atoms with Gasteiger partial charge in [-0.15, -0.1) is 0 Å². The van der Waals surface area contributed by atoms with Crippen LogP contribution in [0.5, 0.6) is 0 Å². The van der Waals surface area contributed by atoms with E-state index >= 15 is 0 Å². The van der Waals surface area contributed by atoms with Crippen molar-refractivity contribution in [2.75, 3.05) is 31.6 Å². The molecule has 2 rings (SSSR count). The number of nitrogens with two attached hydrogens (primary N) is 1. The molecule has 1 saturated heterocycles. The Morgan fingerprint density at radius 3 is 2.79 bits per heavy atom. The van der Waals surface area contributed by atoms with Crippen LogP contribution in [0.1, 0.15) is 12.0 Å². The Balaban J connectivity index is 2.26. The summed E-state index contributed by atoms with van der Waals surface area (Å²) in [6.45, 7) is 2.07. The molecule has 2 N–H and O–H groups in total. The third-order valence-corrected chi connectivity index (χ3v) is 4.12. The van der Waals surface area contributed by atoms with Crippen molar-refractivity contribution in [1.82, 2.24) is 4.90 Å². The molecule has 0 atom stereocenters. The number of carbonyl (C=O) groups excluding carboxylic acids is 1. The monoisotopic (exact) mass is 341 g/mol. The summed E-state index contributed by atoms with van der Waals surface area (Å²) in [7, 11) is 1.84. The van der Waals surface area contributed by atoms with Gasteiger partial charge in [-0.1, -0.05) is 12.2 Å². The molecule has 1 aliphatic heterocycles. The third kappa shape index (κ3) is 3.25. The van der Waals surface area contributed by atoms with Gasteiger partial charge < -0.3 is 15.5 Å². The highest BCUT2D eigenvalue weighted by atomic mass is 79.9. The van der Waals surface area contributed by atoms with E-state index in [9.17, 15) is 4.79 Å². The highest BCUT2D eigenvalue weighted by molar-refractivity contribution is 9.10. The SMILES string of the molecule is CN1CCCN(c2ccc(C(N)=S)cc2Br)CC1=O. The molecule has 0 bridgehead atoms. The van der Waals surface area contributed by atoms with E-state index in [2.05, 4.69) is 20.8 Å². The molecule has 0 saturated carbocycles. The fourth-order valence-electron chi connectivity index (χ4n) is 2.11. The lowest BCUT2D eigenvalue weighted by Crippen LogP contribution is -2.34. The maximum absolute atomic E-state index is 11.9. The Morgan fingerprint density at radius 1 is 1.42 bits per heavy atom. The Kier molecular flexibility index (Phi) is 4.42. The maximum Gasteiger partial charge on any atom is 0.241 e. The lowest BCUT2D eigenvalue weighted by molar-refractivity contribution is -0.127. The molecule has 6 heteroatoms. The molecule has 102 valence electrons. The fourth-order valence-corrected chi connectivity index (χ4v) is 2.87. The number of hydrogen-bond acceptors (Lipinski definition) is 3. The summed E-state index contributed by atoms with van der Waals surface area (Å²) in [5.74, 6) is 0.142. The Labute approximate surface area is 126 Å². The highest BCUT2D eigenvalue weighted by Crippen LogP contribution is 2.28. The quantitative estimate of drug-likeness (QED) is 0.832. The number of hydrogen-bond donors (Lipinski definition) is 1. The number of benzene rings is 1. The molecule has 1 aromatic rings. The van der Waals surface area contributed by atoms with E-state index in [4.69, 9.17) is 18.0 Å². The zero-order valence-corrected chi connectivity index (χ0v) is 13.1. The van der Waals surface area contributed by atoms with E-state index in [1.54, 1.807) is 4.90 Å². The normalized spacial score (nSPS) is 16.4. The average Bonchev–Trinajstić information content (AvgIpc) is 2.52. The average molecular weight is 342 g/mol. The number of carbonyl (C=O) groups is 1. The van der Waals surface area contributed by atoms with Crippen LogP contribution in [0.25, 0.3) is 0 Å². The van der Waals surface area contributed by atoms with E-state index in [0.29, 0.717) is 11.5 Å². The minimum Gasteiger partial charge on any atom is -0.389 e. The van der Waals surface area contributed by atoms with Gasteiger partial charge in [-0.05, 0) is 40.5 Å². The van der Waals surface area contributed by atoms with Crippen LogP contribution in [0.4, 0.5) is 5.69 Å². The second kappa shape index (κ2) is 5.88. The first-order chi connectivity index (χ1) is 8.99. The van der Waals surface area contributed by atoms with Gasteiger partial charge in [-0.25, -0.2) is 0 Å². The van der Waals surface area contributed by atoms with E-state index in [1.165, 1.54) is 0 Å². The number of thiocarbonyl (C=S) groups is 1. The van der Waals surface area contributed by atoms with Gasteiger partial charge in [0.25, 0.3) is 0 Å². The number of halogens is 1. The standard InChI is InChI=1S/C13H16BrN3OS/c1-16-5-2-6-17(8-12(16)18)11-4-3-9(13(15)19)7-10(11)14/h3-4,7H,2,5-6,8H2,1H3,(H2,15,19). The molecule has 0 spiro atoms. The molecule has 4 nitrogen and oxygen atoms in total. The minimum absolute atomic E-state index is 0.142. The van der Waals surface area contributed by atoms with Gasteiger partial charge in [0.15, 0.2) is 0 Å². The van der Waals surface area contributed by atoms with Crippen molar-refractivity contribution in [3.05, 3.63) is 28.2 Å². The van der Waals surface area contributed by atoms with E-state index < -0.39 is 0 Å². The predicted molar refractivity (Wildman–Crippen MR) is 84.5 cm³/mol. The maximum atomic E-state index is 11.9. The summed E-state index contributed by atoms with van der Waals surface area (Å²) in [6.07, 6.45) is 0.964. The molecule has 0 unspecified atom stereocenters. The minimum atomic E-state index is 0.142. The van der Waals surface area contributed by atoms with Crippen molar-refractivity contribution in [2.45, 2.75) is 6.42 Å². The van der Waals surface area contributed by atoms with Crippen LogP contribution in [0.3, 0.4) is 0 Å². The first-order valence-corrected chi connectivity index (χ1v) is 7.27. The molecular formula is C13H16BrN3OS. The molecule has 1 fully saturated rings. The predicted octanol–water partition coefficient (Wildman–Crippen LogP) is 1.75. The lowest BCUT2D eigenvalue weighted by atomic mass is 10.2. The van der Waals surface area contributed by atoms with Gasteiger partial charge in [0, 0.05) is 30.2 Å². The number of nitrogens with zero attached hydrogens (tertiary/aromatic N) is 2. The second-order valence-corrected chi connectivity index (χ2v) is 5.92. The Bertz CT molecular complexity index is 521. The number of amides is 1. The van der Waals surface area contributed by atoms with Crippen LogP contribution >= 0.6 is 28.1 Å². The summed E-state index contributed by atoms with van der Waals surface area (Å²) >= 11 is 8.49. The summed E-state index contributed by atoms with van der Waals surface area (Å²) in [6, 6.07) is 5.75. The highest BCUT2D eigenvalue weighted by Gasteiger charge is 2.20.